The Hall–Kier alpha value is -2.63. The third-order valence-electron chi connectivity index (χ3n) is 4.06. The number of nitrogens with zero attached hydrogens (tertiary/aromatic N) is 4. The number of nitrogens with two attached hydrogens (primary N) is 1. The van der Waals surface area contributed by atoms with E-state index in [0.717, 1.165) is 18.5 Å². The van der Waals surface area contributed by atoms with Crippen molar-refractivity contribution in [2.24, 2.45) is 0 Å². The number of aromatic nitrogens is 4. The maximum absolute atomic E-state index is 6.12. The van der Waals surface area contributed by atoms with Gasteiger partial charge in [-0.1, -0.05) is 24.3 Å². The van der Waals surface area contributed by atoms with Crippen LogP contribution in [-0.2, 0) is 12.8 Å². The van der Waals surface area contributed by atoms with Gasteiger partial charge in [-0.2, -0.15) is 4.98 Å². The molecule has 21 heavy (non-hydrogen) atoms. The molecule has 2 N–H and O–H groups in total. The largest absolute Gasteiger partial charge is 0.479 e. The van der Waals surface area contributed by atoms with Crippen molar-refractivity contribution >= 4 is 17.1 Å². The number of anilines is 1. The van der Waals surface area contributed by atoms with E-state index in [-0.39, 0.29) is 6.04 Å². The number of methoxy groups -OCH3 is 1. The summed E-state index contributed by atoms with van der Waals surface area (Å²) in [5, 5.41) is 0. The summed E-state index contributed by atoms with van der Waals surface area (Å²) in [6.45, 7) is 0. The maximum atomic E-state index is 6.12. The lowest BCUT2D eigenvalue weighted by molar-refractivity contribution is 0.401. The first kappa shape index (κ1) is 12.1. The summed E-state index contributed by atoms with van der Waals surface area (Å²) < 4.78 is 7.24. The molecule has 0 atom stereocenters. The number of fused-ring (bicyclic) bond motifs is 2. The van der Waals surface area contributed by atoms with E-state index < -0.39 is 0 Å². The Kier molecular flexibility index (Phi) is 2.57. The highest BCUT2D eigenvalue weighted by atomic mass is 16.5. The van der Waals surface area contributed by atoms with E-state index >= 15 is 0 Å². The molecule has 1 aliphatic carbocycles. The highest BCUT2D eigenvalue weighted by Crippen LogP contribution is 2.34. The van der Waals surface area contributed by atoms with Crippen molar-refractivity contribution in [3.05, 3.63) is 41.7 Å². The molecule has 2 heterocycles. The highest BCUT2D eigenvalue weighted by Gasteiger charge is 2.27. The fourth-order valence-corrected chi connectivity index (χ4v) is 3.13. The molecule has 0 fully saturated rings. The number of hydrogen-bond acceptors (Lipinski definition) is 5. The summed E-state index contributed by atoms with van der Waals surface area (Å²) in [5.74, 6) is 0.919. The Balaban J connectivity index is 1.84. The van der Waals surface area contributed by atoms with Gasteiger partial charge in [-0.3, -0.25) is 4.57 Å². The van der Waals surface area contributed by atoms with E-state index in [1.807, 2.05) is 4.57 Å². The SMILES string of the molecule is COc1ncnc2c1nc(N)n2C1Cc2ccccc2C1. The number of hydrogen-bond donors (Lipinski definition) is 1. The molecule has 0 saturated carbocycles. The van der Waals surface area contributed by atoms with Crippen LogP contribution in [0.5, 0.6) is 5.88 Å². The maximum Gasteiger partial charge on any atom is 0.245 e. The van der Waals surface area contributed by atoms with Gasteiger partial charge in [0.05, 0.1) is 7.11 Å². The van der Waals surface area contributed by atoms with Crippen LogP contribution in [0.15, 0.2) is 30.6 Å². The van der Waals surface area contributed by atoms with Gasteiger partial charge in [-0.05, 0) is 24.0 Å². The molecule has 0 bridgehead atoms. The van der Waals surface area contributed by atoms with Crippen molar-refractivity contribution in [3.63, 3.8) is 0 Å². The molecule has 0 aliphatic heterocycles. The Morgan fingerprint density at radius 1 is 1.19 bits per heavy atom. The summed E-state index contributed by atoms with van der Waals surface area (Å²) >= 11 is 0. The predicted octanol–water partition coefficient (Wildman–Crippen LogP) is 1.76. The first-order valence-electron chi connectivity index (χ1n) is 6.87. The first-order chi connectivity index (χ1) is 10.3. The monoisotopic (exact) mass is 281 g/mol. The van der Waals surface area contributed by atoms with Gasteiger partial charge in [0.2, 0.25) is 11.8 Å². The molecule has 4 rings (SSSR count). The lowest BCUT2D eigenvalue weighted by atomic mass is 10.1. The topological polar surface area (TPSA) is 78.8 Å². The Labute approximate surface area is 121 Å². The van der Waals surface area contributed by atoms with Gasteiger partial charge < -0.3 is 10.5 Å². The van der Waals surface area contributed by atoms with Crippen molar-refractivity contribution in [2.75, 3.05) is 12.8 Å². The smallest absolute Gasteiger partial charge is 0.245 e. The summed E-state index contributed by atoms with van der Waals surface area (Å²) in [7, 11) is 1.57. The zero-order valence-electron chi connectivity index (χ0n) is 11.7. The number of ether oxygens (including phenoxy) is 1. The molecular weight excluding hydrogens is 266 g/mol. The van der Waals surface area contributed by atoms with Gasteiger partial charge in [0.25, 0.3) is 0 Å². The molecule has 2 aromatic heterocycles. The van der Waals surface area contributed by atoms with E-state index in [2.05, 4.69) is 39.2 Å². The van der Waals surface area contributed by atoms with Crippen molar-refractivity contribution in [3.8, 4) is 5.88 Å². The second-order valence-electron chi connectivity index (χ2n) is 5.23. The van der Waals surface area contributed by atoms with Crippen LogP contribution >= 0.6 is 0 Å². The number of rotatable bonds is 2. The molecule has 0 radical (unpaired) electrons. The van der Waals surface area contributed by atoms with Crippen LogP contribution in [0, 0.1) is 0 Å². The minimum Gasteiger partial charge on any atom is -0.479 e. The standard InChI is InChI=1S/C15H15N5O/c1-21-14-12-13(17-8-18-14)20(15(16)19-12)11-6-9-4-2-3-5-10(9)7-11/h2-5,8,11H,6-7H2,1H3,(H2,16,19). The van der Waals surface area contributed by atoms with Crippen LogP contribution in [0.25, 0.3) is 11.2 Å². The van der Waals surface area contributed by atoms with Gasteiger partial charge in [0.1, 0.15) is 6.33 Å². The average molecular weight is 281 g/mol. The molecule has 6 nitrogen and oxygen atoms in total. The molecule has 0 unspecified atom stereocenters. The van der Waals surface area contributed by atoms with E-state index in [1.165, 1.54) is 17.5 Å². The van der Waals surface area contributed by atoms with Crippen LogP contribution in [0.4, 0.5) is 5.95 Å². The average Bonchev–Trinajstić information content (AvgIpc) is 3.05. The lowest BCUT2D eigenvalue weighted by Crippen LogP contribution is -2.12. The summed E-state index contributed by atoms with van der Waals surface area (Å²) in [4.78, 5) is 12.8. The van der Waals surface area contributed by atoms with Crippen molar-refractivity contribution < 1.29 is 4.74 Å². The molecule has 1 aromatic carbocycles. The van der Waals surface area contributed by atoms with Crippen LogP contribution in [0.3, 0.4) is 0 Å². The van der Waals surface area contributed by atoms with E-state index in [1.54, 1.807) is 7.11 Å². The van der Waals surface area contributed by atoms with Crippen molar-refractivity contribution in [1.82, 2.24) is 19.5 Å². The van der Waals surface area contributed by atoms with E-state index in [4.69, 9.17) is 10.5 Å². The predicted molar refractivity (Wildman–Crippen MR) is 79.2 cm³/mol. The number of imidazole rings is 1. The fourth-order valence-electron chi connectivity index (χ4n) is 3.13. The number of nitrogen functional groups attached to an aromatic ring is 1. The van der Waals surface area contributed by atoms with E-state index in [0.29, 0.717) is 17.3 Å². The molecule has 106 valence electrons. The molecule has 0 saturated heterocycles. The molecule has 6 heteroatoms. The first-order valence-corrected chi connectivity index (χ1v) is 6.87. The number of benzene rings is 1. The van der Waals surface area contributed by atoms with Crippen LogP contribution < -0.4 is 10.5 Å². The van der Waals surface area contributed by atoms with Crippen LogP contribution in [-0.4, -0.2) is 26.6 Å². The van der Waals surface area contributed by atoms with Gasteiger partial charge >= 0.3 is 0 Å². The van der Waals surface area contributed by atoms with Gasteiger partial charge in [0, 0.05) is 6.04 Å². The zero-order valence-corrected chi connectivity index (χ0v) is 11.7. The fraction of sp³-hybridized carbons (Fsp3) is 0.267. The summed E-state index contributed by atoms with van der Waals surface area (Å²) in [6, 6.07) is 8.72. The third-order valence-corrected chi connectivity index (χ3v) is 4.06. The Morgan fingerprint density at radius 3 is 2.57 bits per heavy atom. The summed E-state index contributed by atoms with van der Waals surface area (Å²) in [6.07, 6.45) is 3.37. The van der Waals surface area contributed by atoms with Crippen LogP contribution in [0.1, 0.15) is 17.2 Å². The summed E-state index contributed by atoms with van der Waals surface area (Å²) in [5.41, 5.74) is 10.2. The molecular formula is C15H15N5O. The normalized spacial score (nSPS) is 14.5. The lowest BCUT2D eigenvalue weighted by Gasteiger charge is -2.13. The second-order valence-corrected chi connectivity index (χ2v) is 5.23. The van der Waals surface area contributed by atoms with Gasteiger partial charge in [0.15, 0.2) is 11.2 Å². The van der Waals surface area contributed by atoms with Crippen molar-refractivity contribution in [1.29, 1.82) is 0 Å². The second kappa shape index (κ2) is 4.44. The zero-order chi connectivity index (χ0) is 14.4. The molecule has 0 spiro atoms. The molecule has 3 aromatic rings. The van der Waals surface area contributed by atoms with Crippen LogP contribution in [0.2, 0.25) is 0 Å². The Morgan fingerprint density at radius 2 is 1.90 bits per heavy atom. The third kappa shape index (κ3) is 1.75. The Bertz CT molecular complexity index is 801. The van der Waals surface area contributed by atoms with Gasteiger partial charge in [-0.15, -0.1) is 0 Å². The van der Waals surface area contributed by atoms with Crippen molar-refractivity contribution in [2.45, 2.75) is 18.9 Å². The van der Waals surface area contributed by atoms with Gasteiger partial charge in [-0.25, -0.2) is 9.97 Å². The molecule has 0 amide bonds. The minimum atomic E-state index is 0.243. The minimum absolute atomic E-state index is 0.243. The molecule has 1 aliphatic rings. The van der Waals surface area contributed by atoms with E-state index in [9.17, 15) is 0 Å². The highest BCUT2D eigenvalue weighted by molar-refractivity contribution is 5.79. The quantitative estimate of drug-likeness (QED) is 0.774.